The van der Waals surface area contributed by atoms with Crippen LogP contribution in [0.1, 0.15) is 62.5 Å². The summed E-state index contributed by atoms with van der Waals surface area (Å²) in [7, 11) is 0. The molecule has 6 rings (SSSR count). The fourth-order valence-electron chi connectivity index (χ4n) is 4.70. The molecular weight excluding hydrogens is 588 g/mol. The van der Waals surface area contributed by atoms with Gasteiger partial charge in [-0.05, 0) is 79.6 Å². The molecule has 2 saturated heterocycles. The topological polar surface area (TPSA) is 113 Å². The third kappa shape index (κ3) is 8.18. The van der Waals surface area contributed by atoms with Crippen LogP contribution in [0.5, 0.6) is 17.2 Å². The van der Waals surface area contributed by atoms with Crippen LogP contribution in [0.3, 0.4) is 0 Å². The van der Waals surface area contributed by atoms with Crippen LogP contribution in [0.4, 0.5) is 0 Å². The van der Waals surface area contributed by atoms with Crippen LogP contribution < -0.4 is 14.2 Å². The molecule has 46 heavy (non-hydrogen) atoms. The smallest absolute Gasteiger partial charge is 0.343 e. The van der Waals surface area contributed by atoms with Gasteiger partial charge >= 0.3 is 17.9 Å². The van der Waals surface area contributed by atoms with Gasteiger partial charge in [0.2, 0.25) is 0 Å². The number of esters is 3. The van der Waals surface area contributed by atoms with E-state index in [9.17, 15) is 14.4 Å². The average molecular weight is 623 g/mol. The second kappa shape index (κ2) is 13.2. The van der Waals surface area contributed by atoms with Crippen molar-refractivity contribution in [2.75, 3.05) is 19.8 Å². The van der Waals surface area contributed by atoms with Crippen molar-refractivity contribution < 1.29 is 42.8 Å². The zero-order chi connectivity index (χ0) is 32.1. The largest absolute Gasteiger partial charge is 0.493 e. The molecule has 0 radical (unpaired) electrons. The molecule has 0 aromatic heterocycles. The second-order valence-electron chi connectivity index (χ2n) is 12.0. The lowest BCUT2D eigenvalue weighted by molar-refractivity contribution is 0.0465. The molecule has 2 heterocycles. The van der Waals surface area contributed by atoms with Crippen molar-refractivity contribution in [2.45, 2.75) is 44.5 Å². The van der Waals surface area contributed by atoms with Gasteiger partial charge in [0.25, 0.3) is 0 Å². The molecule has 236 valence electrons. The highest BCUT2D eigenvalue weighted by Crippen LogP contribution is 2.32. The lowest BCUT2D eigenvalue weighted by Gasteiger charge is -2.13. The summed E-state index contributed by atoms with van der Waals surface area (Å²) in [6.45, 7) is 6.01. The van der Waals surface area contributed by atoms with Crippen molar-refractivity contribution >= 4 is 17.9 Å². The van der Waals surface area contributed by atoms with Crippen LogP contribution in [0, 0.1) is 0 Å². The van der Waals surface area contributed by atoms with E-state index in [2.05, 4.69) is 0 Å². The molecule has 9 nitrogen and oxygen atoms in total. The van der Waals surface area contributed by atoms with Crippen LogP contribution in [0.25, 0.3) is 0 Å². The van der Waals surface area contributed by atoms with E-state index in [1.54, 1.807) is 36.4 Å². The molecule has 0 aliphatic carbocycles. The van der Waals surface area contributed by atoms with E-state index < -0.39 is 17.9 Å². The quantitative estimate of drug-likeness (QED) is 0.0953. The SMILES string of the molecule is CC1(CCOc2ccc(C(=O)Oc3ccc(OC(=O)c4ccc(CC5(C)CO5)cc4)cc3C(=O)OCc3ccccc3)cc2)CO1. The summed E-state index contributed by atoms with van der Waals surface area (Å²) in [6, 6.07) is 27.0. The van der Waals surface area contributed by atoms with Crippen LogP contribution in [0.2, 0.25) is 0 Å². The molecule has 0 saturated carbocycles. The molecule has 9 heteroatoms. The summed E-state index contributed by atoms with van der Waals surface area (Å²) >= 11 is 0. The van der Waals surface area contributed by atoms with Gasteiger partial charge in [-0.1, -0.05) is 42.5 Å². The molecule has 2 unspecified atom stereocenters. The van der Waals surface area contributed by atoms with E-state index in [1.807, 2.05) is 56.3 Å². The molecule has 2 fully saturated rings. The van der Waals surface area contributed by atoms with Gasteiger partial charge in [0.1, 0.15) is 29.4 Å². The maximum Gasteiger partial charge on any atom is 0.343 e. The van der Waals surface area contributed by atoms with E-state index in [0.29, 0.717) is 17.9 Å². The number of ether oxygens (including phenoxy) is 6. The number of rotatable bonds is 13. The van der Waals surface area contributed by atoms with Gasteiger partial charge in [-0.3, -0.25) is 0 Å². The van der Waals surface area contributed by atoms with Crippen molar-refractivity contribution in [3.8, 4) is 17.2 Å². The number of hydrogen-bond acceptors (Lipinski definition) is 9. The first kappa shape index (κ1) is 31.0. The third-order valence-electron chi connectivity index (χ3n) is 7.83. The van der Waals surface area contributed by atoms with Crippen LogP contribution in [-0.2, 0) is 27.2 Å². The zero-order valence-electron chi connectivity index (χ0n) is 25.7. The summed E-state index contributed by atoms with van der Waals surface area (Å²) in [5.41, 5.74) is 2.12. The van der Waals surface area contributed by atoms with Gasteiger partial charge in [-0.15, -0.1) is 0 Å². The van der Waals surface area contributed by atoms with Gasteiger partial charge in [0.05, 0.1) is 42.1 Å². The highest BCUT2D eigenvalue weighted by atomic mass is 16.6. The molecule has 4 aromatic rings. The average Bonchev–Trinajstić information content (AvgIpc) is 3.99. The summed E-state index contributed by atoms with van der Waals surface area (Å²) in [4.78, 5) is 39.3. The molecule has 2 aliphatic heterocycles. The molecular formula is C37H34O9. The first-order valence-electron chi connectivity index (χ1n) is 15.1. The Hall–Kier alpha value is -4.99. The fourth-order valence-corrected chi connectivity index (χ4v) is 4.70. The summed E-state index contributed by atoms with van der Waals surface area (Å²) in [5, 5.41) is 0. The normalized spacial score (nSPS) is 19.5. The molecule has 0 amide bonds. The Kier molecular flexibility index (Phi) is 8.87. The highest BCUT2D eigenvalue weighted by Gasteiger charge is 2.39. The maximum atomic E-state index is 13.3. The molecule has 0 N–H and O–H groups in total. The maximum absolute atomic E-state index is 13.3. The predicted molar refractivity (Wildman–Crippen MR) is 167 cm³/mol. The summed E-state index contributed by atoms with van der Waals surface area (Å²) in [5.74, 6) is -1.38. The Balaban J connectivity index is 1.14. The standard InChI is InChI=1S/C37H34O9/c1-36(23-43-36)18-19-41-29-14-12-28(13-15-29)34(39)46-32-17-16-30(20-31(32)35(40)42-22-26-6-4-3-5-7-26)45-33(38)27-10-8-25(9-11-27)21-37(2)24-44-37/h3-17,20H,18-19,21-24H2,1-2H3. The Morgan fingerprint density at radius 2 is 1.28 bits per heavy atom. The van der Waals surface area contributed by atoms with E-state index in [-0.39, 0.29) is 40.4 Å². The van der Waals surface area contributed by atoms with Gasteiger partial charge in [-0.25, -0.2) is 14.4 Å². The molecule has 2 aliphatic rings. The Morgan fingerprint density at radius 3 is 1.93 bits per heavy atom. The number of epoxide rings is 2. The van der Waals surface area contributed by atoms with Crippen molar-refractivity contribution in [1.29, 1.82) is 0 Å². The van der Waals surface area contributed by atoms with E-state index >= 15 is 0 Å². The number of benzene rings is 4. The van der Waals surface area contributed by atoms with Gasteiger partial charge in [0.15, 0.2) is 0 Å². The minimum atomic E-state index is -0.748. The predicted octanol–water partition coefficient (Wildman–Crippen LogP) is 6.37. The van der Waals surface area contributed by atoms with Crippen LogP contribution >= 0.6 is 0 Å². The lowest BCUT2D eigenvalue weighted by Crippen LogP contribution is -2.14. The Labute approximate surface area is 267 Å². The number of carbonyl (C=O) groups is 3. The van der Waals surface area contributed by atoms with Gasteiger partial charge in [0, 0.05) is 12.8 Å². The van der Waals surface area contributed by atoms with Gasteiger partial charge in [-0.2, -0.15) is 0 Å². The zero-order valence-corrected chi connectivity index (χ0v) is 25.7. The molecule has 0 bridgehead atoms. The third-order valence-corrected chi connectivity index (χ3v) is 7.83. The van der Waals surface area contributed by atoms with Crippen molar-refractivity contribution in [3.63, 3.8) is 0 Å². The summed E-state index contributed by atoms with van der Waals surface area (Å²) in [6.07, 6.45) is 1.52. The fraction of sp³-hybridized carbons (Fsp3) is 0.270. The second-order valence-corrected chi connectivity index (χ2v) is 12.0. The number of carbonyl (C=O) groups excluding carboxylic acids is 3. The van der Waals surface area contributed by atoms with E-state index in [0.717, 1.165) is 37.2 Å². The van der Waals surface area contributed by atoms with Crippen LogP contribution in [0.15, 0.2) is 97.1 Å². The van der Waals surface area contributed by atoms with Crippen molar-refractivity contribution in [1.82, 2.24) is 0 Å². The minimum absolute atomic E-state index is 0.000246. The van der Waals surface area contributed by atoms with Crippen LogP contribution in [-0.4, -0.2) is 48.9 Å². The first-order chi connectivity index (χ1) is 22.2. The minimum Gasteiger partial charge on any atom is -0.493 e. The van der Waals surface area contributed by atoms with E-state index in [1.165, 1.54) is 18.2 Å². The van der Waals surface area contributed by atoms with Crippen molar-refractivity contribution in [3.05, 3.63) is 125 Å². The summed E-state index contributed by atoms with van der Waals surface area (Å²) < 4.78 is 33.3. The Morgan fingerprint density at radius 1 is 0.674 bits per heavy atom. The molecule has 0 spiro atoms. The van der Waals surface area contributed by atoms with Gasteiger partial charge < -0.3 is 28.4 Å². The first-order valence-corrected chi connectivity index (χ1v) is 15.1. The number of hydrogen-bond donors (Lipinski definition) is 0. The molecule has 4 aromatic carbocycles. The Bertz CT molecular complexity index is 1700. The lowest BCUT2D eigenvalue weighted by atomic mass is 10.0. The van der Waals surface area contributed by atoms with E-state index in [4.69, 9.17) is 28.4 Å². The van der Waals surface area contributed by atoms with Crippen molar-refractivity contribution in [2.24, 2.45) is 0 Å². The molecule has 2 atom stereocenters. The monoisotopic (exact) mass is 622 g/mol. The highest BCUT2D eigenvalue weighted by molar-refractivity contribution is 5.97.